The van der Waals surface area contributed by atoms with Crippen LogP contribution in [-0.4, -0.2) is 33.6 Å². The Hall–Kier alpha value is -2.30. The van der Waals surface area contributed by atoms with Crippen molar-refractivity contribution in [2.24, 2.45) is 13.0 Å². The Morgan fingerprint density at radius 3 is 3.04 bits per heavy atom. The molecule has 0 radical (unpaired) electrons. The first-order chi connectivity index (χ1) is 12.2. The van der Waals surface area contributed by atoms with Gasteiger partial charge in [0.2, 0.25) is 0 Å². The summed E-state index contributed by atoms with van der Waals surface area (Å²) in [5.41, 5.74) is 2.66. The van der Waals surface area contributed by atoms with Gasteiger partial charge in [-0.05, 0) is 42.7 Å². The van der Waals surface area contributed by atoms with Crippen molar-refractivity contribution in [2.75, 3.05) is 13.1 Å². The lowest BCUT2D eigenvalue weighted by atomic mass is 9.94. The van der Waals surface area contributed by atoms with Gasteiger partial charge in [-0.3, -0.25) is 0 Å². The molecule has 0 saturated carbocycles. The number of hydrogen-bond donors (Lipinski definition) is 1. The summed E-state index contributed by atoms with van der Waals surface area (Å²) in [4.78, 5) is 19.2. The van der Waals surface area contributed by atoms with E-state index in [0.717, 1.165) is 44.6 Å². The molecule has 25 heavy (non-hydrogen) atoms. The number of fused-ring (bicyclic) bond motifs is 1. The molecule has 5 nitrogen and oxygen atoms in total. The van der Waals surface area contributed by atoms with Crippen molar-refractivity contribution in [3.8, 4) is 0 Å². The highest BCUT2D eigenvalue weighted by Crippen LogP contribution is 2.31. The Balaban J connectivity index is 1.37. The van der Waals surface area contributed by atoms with Crippen LogP contribution in [0.3, 0.4) is 0 Å². The zero-order valence-electron chi connectivity index (χ0n) is 14.8. The lowest BCUT2D eigenvalue weighted by Crippen LogP contribution is -2.46. The molecule has 2 aliphatic rings. The van der Waals surface area contributed by atoms with E-state index in [4.69, 9.17) is 0 Å². The third kappa shape index (κ3) is 3.41. The van der Waals surface area contributed by atoms with E-state index in [1.807, 2.05) is 24.3 Å². The molecule has 132 valence electrons. The molecule has 4 rings (SSSR count). The first kappa shape index (κ1) is 16.2. The Morgan fingerprint density at radius 1 is 1.32 bits per heavy atom. The number of carbonyl (C=O) groups excluding carboxylic acids is 1. The van der Waals surface area contributed by atoms with Crippen LogP contribution < -0.4 is 5.32 Å². The van der Waals surface area contributed by atoms with Gasteiger partial charge in [-0.2, -0.15) is 0 Å². The third-order valence-electron chi connectivity index (χ3n) is 5.63. The minimum atomic E-state index is 0.0891. The number of nitrogens with zero attached hydrogens (tertiary/aromatic N) is 3. The van der Waals surface area contributed by atoms with Gasteiger partial charge in [0.1, 0.15) is 5.82 Å². The van der Waals surface area contributed by atoms with Crippen molar-refractivity contribution < 1.29 is 4.79 Å². The molecule has 1 aromatic carbocycles. The molecule has 5 heteroatoms. The molecule has 1 N–H and O–H groups in total. The lowest BCUT2D eigenvalue weighted by Gasteiger charge is -2.33. The van der Waals surface area contributed by atoms with Gasteiger partial charge in [0.05, 0.1) is 6.04 Å². The summed E-state index contributed by atoms with van der Waals surface area (Å²) in [5.74, 6) is 1.61. The van der Waals surface area contributed by atoms with Gasteiger partial charge < -0.3 is 14.8 Å². The summed E-state index contributed by atoms with van der Waals surface area (Å²) in [7, 11) is 2.03. The maximum Gasteiger partial charge on any atom is 0.317 e. The molecule has 1 aliphatic heterocycles. The van der Waals surface area contributed by atoms with Crippen molar-refractivity contribution in [3.05, 3.63) is 53.6 Å². The summed E-state index contributed by atoms with van der Waals surface area (Å²) in [6, 6.07) is 8.71. The second kappa shape index (κ2) is 6.90. The summed E-state index contributed by atoms with van der Waals surface area (Å²) in [6.07, 6.45) is 9.09. The number of likely N-dealkylation sites (tertiary alicyclic amines) is 1. The van der Waals surface area contributed by atoms with E-state index in [-0.39, 0.29) is 12.1 Å². The number of amides is 2. The van der Waals surface area contributed by atoms with Gasteiger partial charge in [-0.15, -0.1) is 0 Å². The Bertz CT molecular complexity index is 754. The largest absolute Gasteiger partial charge is 0.338 e. The Morgan fingerprint density at radius 2 is 2.20 bits per heavy atom. The molecular weight excluding hydrogens is 312 g/mol. The van der Waals surface area contributed by atoms with Crippen LogP contribution in [0.4, 0.5) is 4.79 Å². The molecule has 2 aromatic rings. The average molecular weight is 338 g/mol. The fourth-order valence-corrected chi connectivity index (χ4v) is 4.21. The van der Waals surface area contributed by atoms with Crippen molar-refractivity contribution in [2.45, 2.75) is 38.1 Å². The first-order valence-corrected chi connectivity index (χ1v) is 9.30. The topological polar surface area (TPSA) is 50.2 Å². The Labute approximate surface area is 149 Å². The quantitative estimate of drug-likeness (QED) is 0.935. The highest BCUT2D eigenvalue weighted by Gasteiger charge is 2.28. The van der Waals surface area contributed by atoms with Crippen LogP contribution in [0.5, 0.6) is 0 Å². The number of nitrogens with one attached hydrogen (secondary N) is 1. The number of imidazole rings is 1. The van der Waals surface area contributed by atoms with Crippen LogP contribution >= 0.6 is 0 Å². The number of urea groups is 1. The van der Waals surface area contributed by atoms with Gasteiger partial charge in [0, 0.05) is 39.0 Å². The number of rotatable bonds is 3. The van der Waals surface area contributed by atoms with E-state index in [2.05, 4.69) is 39.1 Å². The second-order valence-corrected chi connectivity index (χ2v) is 7.35. The third-order valence-corrected chi connectivity index (χ3v) is 5.63. The normalized spacial score (nSPS) is 22.7. The highest BCUT2D eigenvalue weighted by atomic mass is 16.2. The monoisotopic (exact) mass is 338 g/mol. The van der Waals surface area contributed by atoms with Crippen molar-refractivity contribution in [1.29, 1.82) is 0 Å². The molecule has 0 bridgehead atoms. The van der Waals surface area contributed by atoms with Gasteiger partial charge in [-0.25, -0.2) is 9.78 Å². The molecule has 2 heterocycles. The average Bonchev–Trinajstić information content (AvgIpc) is 3.22. The van der Waals surface area contributed by atoms with Crippen LogP contribution in [0.1, 0.15) is 42.3 Å². The van der Waals surface area contributed by atoms with E-state index in [0.29, 0.717) is 5.92 Å². The van der Waals surface area contributed by atoms with Crippen LogP contribution in [-0.2, 0) is 19.9 Å². The minimum absolute atomic E-state index is 0.0891. The standard InChI is InChI=1S/C20H26N4O/c1-23-12-10-21-19(23)13-15-5-4-11-24(14-15)20(25)22-18-9-8-16-6-2-3-7-17(16)18/h2-3,6-7,10,12,15,18H,4-5,8-9,11,13-14H2,1H3,(H,22,25)/t15-,18-/m0/s1. The van der Waals surface area contributed by atoms with Crippen molar-refractivity contribution in [1.82, 2.24) is 19.8 Å². The molecule has 2 amide bonds. The van der Waals surface area contributed by atoms with Gasteiger partial charge in [0.25, 0.3) is 0 Å². The predicted octanol–water partition coefficient (Wildman–Crippen LogP) is 3.07. The number of piperidine rings is 1. The van der Waals surface area contributed by atoms with E-state index < -0.39 is 0 Å². The molecule has 2 atom stereocenters. The molecule has 1 aromatic heterocycles. The van der Waals surface area contributed by atoms with Crippen LogP contribution in [0, 0.1) is 5.92 Å². The van der Waals surface area contributed by atoms with Crippen LogP contribution in [0.2, 0.25) is 0 Å². The molecule has 0 unspecified atom stereocenters. The molecule has 1 fully saturated rings. The maximum absolute atomic E-state index is 12.8. The van der Waals surface area contributed by atoms with E-state index in [1.165, 1.54) is 17.5 Å². The molecule has 1 aliphatic carbocycles. The van der Waals surface area contributed by atoms with Crippen molar-refractivity contribution >= 4 is 6.03 Å². The number of hydrogen-bond acceptors (Lipinski definition) is 2. The second-order valence-electron chi connectivity index (χ2n) is 7.35. The Kier molecular flexibility index (Phi) is 4.47. The maximum atomic E-state index is 12.8. The van der Waals surface area contributed by atoms with Crippen LogP contribution in [0.25, 0.3) is 0 Å². The lowest BCUT2D eigenvalue weighted by molar-refractivity contribution is 0.161. The first-order valence-electron chi connectivity index (χ1n) is 9.30. The fraction of sp³-hybridized carbons (Fsp3) is 0.500. The summed E-state index contributed by atoms with van der Waals surface area (Å²) < 4.78 is 2.08. The number of aryl methyl sites for hydroxylation is 2. The smallest absolute Gasteiger partial charge is 0.317 e. The highest BCUT2D eigenvalue weighted by molar-refractivity contribution is 5.75. The zero-order chi connectivity index (χ0) is 17.2. The molecule has 1 saturated heterocycles. The van der Waals surface area contributed by atoms with Crippen LogP contribution in [0.15, 0.2) is 36.7 Å². The number of benzene rings is 1. The summed E-state index contributed by atoms with van der Waals surface area (Å²) in [6.45, 7) is 1.68. The molecular formula is C20H26N4O. The van der Waals surface area contributed by atoms with E-state index >= 15 is 0 Å². The van der Waals surface area contributed by atoms with Crippen molar-refractivity contribution in [3.63, 3.8) is 0 Å². The summed E-state index contributed by atoms with van der Waals surface area (Å²) >= 11 is 0. The fourth-order valence-electron chi connectivity index (χ4n) is 4.21. The van der Waals surface area contributed by atoms with Gasteiger partial charge in [0.15, 0.2) is 0 Å². The predicted molar refractivity (Wildman–Crippen MR) is 97.2 cm³/mol. The van der Waals surface area contributed by atoms with E-state index in [9.17, 15) is 4.79 Å². The molecule has 0 spiro atoms. The SMILES string of the molecule is Cn1ccnc1C[C@@H]1CCCN(C(=O)N[C@H]2CCc3ccccc32)C1. The summed E-state index contributed by atoms with van der Waals surface area (Å²) in [5, 5.41) is 3.26. The van der Waals surface area contributed by atoms with Gasteiger partial charge in [-0.1, -0.05) is 24.3 Å². The minimum Gasteiger partial charge on any atom is -0.338 e. The number of aromatic nitrogens is 2. The van der Waals surface area contributed by atoms with E-state index in [1.54, 1.807) is 0 Å². The van der Waals surface area contributed by atoms with Gasteiger partial charge >= 0.3 is 6.03 Å². The number of carbonyl (C=O) groups is 1. The zero-order valence-corrected chi connectivity index (χ0v) is 14.8.